The maximum absolute atomic E-state index is 12.0. The molecule has 3 aliphatic rings. The van der Waals surface area contributed by atoms with Crippen LogP contribution >= 0.6 is 7.82 Å². The lowest BCUT2D eigenvalue weighted by Crippen LogP contribution is -2.63. The zero-order valence-electron chi connectivity index (χ0n) is 13.2. The molecule has 0 spiro atoms. The van der Waals surface area contributed by atoms with Crippen molar-refractivity contribution in [3.8, 4) is 0 Å². The second-order valence-electron chi connectivity index (χ2n) is 5.78. The summed E-state index contributed by atoms with van der Waals surface area (Å²) < 4.78 is 27.4. The van der Waals surface area contributed by atoms with E-state index < -0.39 is 31.8 Å². The number of fused-ring (bicyclic) bond motifs is 3. The van der Waals surface area contributed by atoms with Crippen LogP contribution in [0.15, 0.2) is 4.79 Å². The van der Waals surface area contributed by atoms with Crippen LogP contribution in [0.1, 0.15) is 6.92 Å². The van der Waals surface area contributed by atoms with Crippen LogP contribution in [0, 0.1) is 5.92 Å². The fourth-order valence-electron chi connectivity index (χ4n) is 3.18. The standard InChI is InChI=1S/C11H16N5O6P.CH2O/c1-3-5-10(21-4-2-20-23(18,19)22-7(3)4)14-8-6(13-5)9(17)16-11(12)15-8;1-2/h3-5,7,10,13H,2H2,1H3,(H,18,19)(H4,12,14,15,16,17);1H2/t3?,4-,5+,7-,10-;/m1./s1. The molecule has 0 aliphatic carbocycles. The number of carbonyl (C=O) groups is 1. The highest BCUT2D eigenvalue weighted by Crippen LogP contribution is 2.52. The van der Waals surface area contributed by atoms with Gasteiger partial charge in [0.05, 0.1) is 12.6 Å². The van der Waals surface area contributed by atoms with Crippen LogP contribution in [-0.2, 0) is 23.1 Å². The number of anilines is 3. The van der Waals surface area contributed by atoms with Crippen molar-refractivity contribution in [3.05, 3.63) is 10.4 Å². The summed E-state index contributed by atoms with van der Waals surface area (Å²) in [5.41, 5.74) is 5.38. The first-order valence-electron chi connectivity index (χ1n) is 7.37. The average Bonchev–Trinajstić information content (AvgIpc) is 2.56. The van der Waals surface area contributed by atoms with E-state index in [1.807, 2.05) is 13.7 Å². The van der Waals surface area contributed by atoms with E-state index in [0.717, 1.165) is 0 Å². The summed E-state index contributed by atoms with van der Waals surface area (Å²) in [4.78, 5) is 35.9. The predicted molar refractivity (Wildman–Crippen MR) is 85.9 cm³/mol. The van der Waals surface area contributed by atoms with Gasteiger partial charge in [-0.25, -0.2) is 4.57 Å². The second-order valence-corrected chi connectivity index (χ2v) is 7.18. The van der Waals surface area contributed by atoms with Gasteiger partial charge in [-0.1, -0.05) is 6.92 Å². The Kier molecular flexibility index (Phi) is 4.56. The number of phosphoric acid groups is 1. The van der Waals surface area contributed by atoms with Crippen LogP contribution in [0.25, 0.3) is 0 Å². The Morgan fingerprint density at radius 3 is 2.84 bits per heavy atom. The van der Waals surface area contributed by atoms with Crippen molar-refractivity contribution < 1.29 is 28.0 Å². The van der Waals surface area contributed by atoms with Crippen LogP contribution in [0.5, 0.6) is 0 Å². The number of aromatic amines is 1. The Labute approximate surface area is 141 Å². The minimum absolute atomic E-state index is 0.00575. The van der Waals surface area contributed by atoms with Gasteiger partial charge in [0.2, 0.25) is 5.95 Å². The zero-order valence-corrected chi connectivity index (χ0v) is 14.1. The molecule has 0 radical (unpaired) electrons. The number of rotatable bonds is 0. The van der Waals surface area contributed by atoms with Gasteiger partial charge in [0, 0.05) is 5.92 Å². The van der Waals surface area contributed by atoms with Gasteiger partial charge < -0.3 is 30.8 Å². The number of nitrogens with two attached hydrogens (primary N) is 1. The van der Waals surface area contributed by atoms with Crippen molar-refractivity contribution in [1.29, 1.82) is 0 Å². The van der Waals surface area contributed by atoms with Crippen LogP contribution in [0.3, 0.4) is 0 Å². The minimum Gasteiger partial charge on any atom is -0.370 e. The number of H-pyrrole nitrogens is 1. The SMILES string of the molecule is C=O.CC1[C@H]2OP(=O)(O)OC[C@H]2O[C@H]2Nc3nc(N)[nH]c(=O)c3N[C@@H]12. The number of hydrogen-bond donors (Lipinski definition) is 5. The molecule has 12 nitrogen and oxygen atoms in total. The van der Waals surface area contributed by atoms with Gasteiger partial charge in [0.15, 0.2) is 5.82 Å². The van der Waals surface area contributed by atoms with Crippen LogP contribution in [0.4, 0.5) is 17.5 Å². The Hall–Kier alpha value is -1.98. The molecule has 25 heavy (non-hydrogen) atoms. The van der Waals surface area contributed by atoms with E-state index in [9.17, 15) is 14.3 Å². The van der Waals surface area contributed by atoms with Gasteiger partial charge >= 0.3 is 7.82 Å². The molecule has 0 amide bonds. The lowest BCUT2D eigenvalue weighted by atomic mass is 9.87. The maximum Gasteiger partial charge on any atom is 0.472 e. The summed E-state index contributed by atoms with van der Waals surface area (Å²) in [6, 6.07) is -0.353. The lowest BCUT2D eigenvalue weighted by Gasteiger charge is -2.49. The van der Waals surface area contributed by atoms with Gasteiger partial charge in [0.25, 0.3) is 5.56 Å². The Morgan fingerprint density at radius 1 is 1.40 bits per heavy atom. The van der Waals surface area contributed by atoms with Gasteiger partial charge in [0.1, 0.15) is 30.9 Å². The molecule has 2 fully saturated rings. The normalized spacial score (nSPS) is 38.6. The fourth-order valence-corrected chi connectivity index (χ4v) is 4.21. The molecular weight excluding hydrogens is 357 g/mol. The summed E-state index contributed by atoms with van der Waals surface area (Å²) in [7, 11) is -4.07. The molecule has 4 rings (SSSR count). The Bertz CT molecular complexity index is 773. The highest BCUT2D eigenvalue weighted by Gasteiger charge is 2.52. The molecule has 2 unspecified atom stereocenters. The number of nitrogens with zero attached hydrogens (tertiary/aromatic N) is 1. The minimum atomic E-state index is -4.07. The molecule has 1 aromatic heterocycles. The third-order valence-corrected chi connectivity index (χ3v) is 5.27. The number of nitrogen functional groups attached to an aromatic ring is 1. The van der Waals surface area contributed by atoms with Crippen molar-refractivity contribution in [3.63, 3.8) is 0 Å². The van der Waals surface area contributed by atoms with Gasteiger partial charge in [-0.3, -0.25) is 18.8 Å². The highest BCUT2D eigenvalue weighted by atomic mass is 31.2. The molecule has 2 saturated heterocycles. The number of carbonyl (C=O) groups excluding carboxylic acids is 1. The van der Waals surface area contributed by atoms with E-state index in [4.69, 9.17) is 24.3 Å². The largest absolute Gasteiger partial charge is 0.472 e. The van der Waals surface area contributed by atoms with E-state index in [1.165, 1.54) is 0 Å². The molecule has 4 heterocycles. The predicted octanol–water partition coefficient (Wildman–Crippen LogP) is -0.750. The Balaban J connectivity index is 0.000000880. The van der Waals surface area contributed by atoms with E-state index in [0.29, 0.717) is 5.82 Å². The Morgan fingerprint density at radius 2 is 2.12 bits per heavy atom. The zero-order chi connectivity index (χ0) is 18.4. The van der Waals surface area contributed by atoms with Crippen LogP contribution in [-0.4, -0.2) is 52.7 Å². The van der Waals surface area contributed by atoms with Gasteiger partial charge in [-0.2, -0.15) is 4.98 Å². The van der Waals surface area contributed by atoms with Crippen molar-refractivity contribution in [1.82, 2.24) is 9.97 Å². The number of hydrogen-bond acceptors (Lipinski definition) is 10. The van der Waals surface area contributed by atoms with E-state index in [2.05, 4.69) is 20.6 Å². The monoisotopic (exact) mass is 375 g/mol. The first-order valence-corrected chi connectivity index (χ1v) is 8.86. The molecule has 13 heteroatoms. The van der Waals surface area contributed by atoms with Crippen LogP contribution < -0.4 is 21.9 Å². The van der Waals surface area contributed by atoms with Crippen molar-refractivity contribution in [2.75, 3.05) is 23.0 Å². The summed E-state index contributed by atoms with van der Waals surface area (Å²) >= 11 is 0. The first-order chi connectivity index (χ1) is 11.8. The van der Waals surface area contributed by atoms with Gasteiger partial charge in [-0.05, 0) is 0 Å². The summed E-state index contributed by atoms with van der Waals surface area (Å²) in [5, 5.41) is 6.09. The molecule has 0 saturated carbocycles. The summed E-state index contributed by atoms with van der Waals surface area (Å²) in [5.74, 6) is 0.0677. The summed E-state index contributed by atoms with van der Waals surface area (Å²) in [6.07, 6.45) is -1.64. The molecule has 0 bridgehead atoms. The average molecular weight is 375 g/mol. The van der Waals surface area contributed by atoms with Crippen molar-refractivity contribution >= 4 is 32.1 Å². The number of aromatic nitrogens is 2. The lowest BCUT2D eigenvalue weighted by molar-refractivity contribution is -0.169. The molecule has 1 aromatic rings. The van der Waals surface area contributed by atoms with Crippen molar-refractivity contribution in [2.45, 2.75) is 31.4 Å². The smallest absolute Gasteiger partial charge is 0.370 e. The second kappa shape index (κ2) is 6.39. The summed E-state index contributed by atoms with van der Waals surface area (Å²) in [6.45, 7) is 3.80. The number of nitrogens with one attached hydrogen (secondary N) is 3. The van der Waals surface area contributed by atoms with Gasteiger partial charge in [-0.15, -0.1) is 0 Å². The quantitative estimate of drug-likeness (QED) is 0.360. The number of phosphoric ester groups is 1. The number of ether oxygens (including phenoxy) is 1. The molecule has 3 aliphatic heterocycles. The highest BCUT2D eigenvalue weighted by molar-refractivity contribution is 7.47. The third kappa shape index (κ3) is 3.14. The first kappa shape index (κ1) is 17.8. The van der Waals surface area contributed by atoms with Crippen molar-refractivity contribution in [2.24, 2.45) is 5.92 Å². The topological polar surface area (TPSA) is 178 Å². The van der Waals surface area contributed by atoms with E-state index in [-0.39, 0.29) is 30.2 Å². The molecule has 0 aromatic carbocycles. The van der Waals surface area contributed by atoms with E-state index >= 15 is 0 Å². The molecular formula is C12H18N5O7P. The maximum atomic E-state index is 12.0. The fraction of sp³-hybridized carbons (Fsp3) is 0.583. The molecule has 6 N–H and O–H groups in total. The van der Waals surface area contributed by atoms with Crippen LogP contribution in [0.2, 0.25) is 0 Å². The third-order valence-electron chi connectivity index (χ3n) is 4.28. The van der Waals surface area contributed by atoms with E-state index in [1.54, 1.807) is 0 Å². The molecule has 138 valence electrons. The molecule has 6 atom stereocenters.